The number of rotatable bonds is 7. The number of esters is 1. The predicted molar refractivity (Wildman–Crippen MR) is 109 cm³/mol. The predicted octanol–water partition coefficient (Wildman–Crippen LogP) is 2.34. The van der Waals surface area contributed by atoms with E-state index >= 15 is 0 Å². The van der Waals surface area contributed by atoms with E-state index in [9.17, 15) is 19.2 Å². The van der Waals surface area contributed by atoms with Crippen LogP contribution in [0.3, 0.4) is 0 Å². The molecule has 0 atom stereocenters. The van der Waals surface area contributed by atoms with Crippen LogP contribution >= 0.6 is 0 Å². The van der Waals surface area contributed by atoms with Gasteiger partial charge in [0, 0.05) is 38.2 Å². The summed E-state index contributed by atoms with van der Waals surface area (Å²) in [5, 5.41) is 5.33. The van der Waals surface area contributed by atoms with Gasteiger partial charge in [-0.05, 0) is 44.0 Å². The van der Waals surface area contributed by atoms with Crippen LogP contribution in [0.5, 0.6) is 0 Å². The summed E-state index contributed by atoms with van der Waals surface area (Å²) in [5.74, 6) is -1.01. The Kier molecular flexibility index (Phi) is 7.79. The molecular formula is C21H29N3O6. The standard InChI is InChI=1S/C21H29N3O6/c1-21(2,3)30-20(28)24-12-14-5-6-16(11-15(14)13-24)23-18(26)8-7-17(25)22-10-9-19(27)29-4/h5-6,11H,7-10,12-13H2,1-4H3,(H,22,25)(H,23,26). The smallest absolute Gasteiger partial charge is 0.410 e. The molecule has 1 heterocycles. The molecule has 0 bridgehead atoms. The summed E-state index contributed by atoms with van der Waals surface area (Å²) in [4.78, 5) is 48.7. The van der Waals surface area contributed by atoms with Crippen LogP contribution in [-0.2, 0) is 36.9 Å². The molecule has 164 valence electrons. The Bertz CT molecular complexity index is 815. The molecule has 3 amide bonds. The van der Waals surface area contributed by atoms with Gasteiger partial charge in [-0.15, -0.1) is 0 Å². The topological polar surface area (TPSA) is 114 Å². The fraction of sp³-hybridized carbons (Fsp3) is 0.524. The number of methoxy groups -OCH3 is 1. The van der Waals surface area contributed by atoms with Crippen molar-refractivity contribution >= 4 is 29.6 Å². The van der Waals surface area contributed by atoms with Gasteiger partial charge in [0.05, 0.1) is 13.5 Å². The first-order chi connectivity index (χ1) is 14.1. The number of amides is 3. The fourth-order valence-electron chi connectivity index (χ4n) is 2.87. The first-order valence-electron chi connectivity index (χ1n) is 9.80. The molecule has 0 aromatic heterocycles. The molecule has 30 heavy (non-hydrogen) atoms. The number of benzene rings is 1. The molecule has 2 N–H and O–H groups in total. The molecule has 2 rings (SSSR count). The second-order valence-electron chi connectivity index (χ2n) is 8.04. The first kappa shape index (κ1) is 23.2. The number of hydrogen-bond acceptors (Lipinski definition) is 6. The molecule has 0 saturated heterocycles. The van der Waals surface area contributed by atoms with Crippen molar-refractivity contribution in [3.05, 3.63) is 29.3 Å². The lowest BCUT2D eigenvalue weighted by atomic mass is 10.1. The fourth-order valence-corrected chi connectivity index (χ4v) is 2.87. The van der Waals surface area contributed by atoms with Crippen molar-refractivity contribution in [2.24, 2.45) is 0 Å². The van der Waals surface area contributed by atoms with Gasteiger partial charge in [0.25, 0.3) is 0 Å². The third kappa shape index (κ3) is 7.38. The van der Waals surface area contributed by atoms with Crippen molar-refractivity contribution in [3.8, 4) is 0 Å². The van der Waals surface area contributed by atoms with Gasteiger partial charge in [-0.1, -0.05) is 6.07 Å². The maximum absolute atomic E-state index is 12.2. The van der Waals surface area contributed by atoms with Crippen molar-refractivity contribution in [1.29, 1.82) is 0 Å². The Morgan fingerprint density at radius 1 is 1.00 bits per heavy atom. The van der Waals surface area contributed by atoms with Crippen molar-refractivity contribution < 1.29 is 28.7 Å². The average molecular weight is 419 g/mol. The minimum Gasteiger partial charge on any atom is -0.469 e. The Hall–Kier alpha value is -3.10. The number of anilines is 1. The van der Waals surface area contributed by atoms with Crippen LogP contribution in [0.2, 0.25) is 0 Å². The number of nitrogens with zero attached hydrogens (tertiary/aromatic N) is 1. The highest BCUT2D eigenvalue weighted by Gasteiger charge is 2.27. The second-order valence-corrected chi connectivity index (χ2v) is 8.04. The molecule has 1 aliphatic rings. The van der Waals surface area contributed by atoms with Gasteiger partial charge >= 0.3 is 12.1 Å². The summed E-state index contributed by atoms with van der Waals surface area (Å²) in [5.41, 5.74) is 2.00. The lowest BCUT2D eigenvalue weighted by molar-refractivity contribution is -0.140. The summed E-state index contributed by atoms with van der Waals surface area (Å²) < 4.78 is 9.89. The molecular weight excluding hydrogens is 390 g/mol. The number of hydrogen-bond donors (Lipinski definition) is 2. The van der Waals surface area contributed by atoms with Gasteiger partial charge in [0.1, 0.15) is 5.60 Å². The van der Waals surface area contributed by atoms with E-state index in [0.29, 0.717) is 18.8 Å². The van der Waals surface area contributed by atoms with Crippen LogP contribution in [0.15, 0.2) is 18.2 Å². The van der Waals surface area contributed by atoms with E-state index in [2.05, 4.69) is 15.4 Å². The monoisotopic (exact) mass is 419 g/mol. The van der Waals surface area contributed by atoms with Crippen LogP contribution in [-0.4, -0.2) is 48.0 Å². The van der Waals surface area contributed by atoms with Crippen LogP contribution < -0.4 is 10.6 Å². The molecule has 9 heteroatoms. The van der Waals surface area contributed by atoms with Gasteiger partial charge in [-0.25, -0.2) is 4.79 Å². The van der Waals surface area contributed by atoms with Crippen LogP contribution in [0.4, 0.5) is 10.5 Å². The van der Waals surface area contributed by atoms with Crippen LogP contribution in [0.25, 0.3) is 0 Å². The summed E-state index contributed by atoms with van der Waals surface area (Å²) in [6.07, 6.45) is -0.248. The molecule has 0 fully saturated rings. The largest absolute Gasteiger partial charge is 0.469 e. The van der Waals surface area contributed by atoms with E-state index in [1.54, 1.807) is 11.0 Å². The lowest BCUT2D eigenvalue weighted by Crippen LogP contribution is -2.33. The number of carbonyl (C=O) groups is 4. The number of nitrogens with one attached hydrogen (secondary N) is 2. The van der Waals surface area contributed by atoms with Crippen molar-refractivity contribution in [3.63, 3.8) is 0 Å². The first-order valence-corrected chi connectivity index (χ1v) is 9.80. The molecule has 0 spiro atoms. The molecule has 0 aliphatic carbocycles. The Morgan fingerprint density at radius 2 is 1.67 bits per heavy atom. The highest BCUT2D eigenvalue weighted by Crippen LogP contribution is 2.27. The van der Waals surface area contributed by atoms with Crippen LogP contribution in [0, 0.1) is 0 Å². The maximum atomic E-state index is 12.2. The van der Waals surface area contributed by atoms with E-state index in [4.69, 9.17) is 4.74 Å². The lowest BCUT2D eigenvalue weighted by Gasteiger charge is -2.24. The zero-order valence-corrected chi connectivity index (χ0v) is 17.9. The van der Waals surface area contributed by atoms with E-state index in [1.807, 2.05) is 32.9 Å². The van der Waals surface area contributed by atoms with E-state index in [0.717, 1.165) is 11.1 Å². The molecule has 0 saturated carbocycles. The maximum Gasteiger partial charge on any atom is 0.410 e. The van der Waals surface area contributed by atoms with Gasteiger partial charge in [-0.3, -0.25) is 19.3 Å². The number of fused-ring (bicyclic) bond motifs is 1. The molecule has 0 radical (unpaired) electrons. The van der Waals surface area contributed by atoms with Crippen molar-refractivity contribution in [1.82, 2.24) is 10.2 Å². The molecule has 1 aromatic carbocycles. The molecule has 1 aliphatic heterocycles. The third-order valence-corrected chi connectivity index (χ3v) is 4.32. The Labute approximate surface area is 176 Å². The highest BCUT2D eigenvalue weighted by molar-refractivity contribution is 5.93. The minimum absolute atomic E-state index is 0.0182. The quantitative estimate of drug-likeness (QED) is 0.656. The third-order valence-electron chi connectivity index (χ3n) is 4.32. The zero-order chi connectivity index (χ0) is 22.3. The van der Waals surface area contributed by atoms with Crippen molar-refractivity contribution in [2.45, 2.75) is 58.7 Å². The summed E-state index contributed by atoms with van der Waals surface area (Å²) >= 11 is 0. The SMILES string of the molecule is COC(=O)CCNC(=O)CCC(=O)Nc1ccc2c(c1)CN(C(=O)OC(C)(C)C)C2. The average Bonchev–Trinajstić information content (AvgIpc) is 3.08. The zero-order valence-electron chi connectivity index (χ0n) is 17.9. The summed E-state index contributed by atoms with van der Waals surface area (Å²) in [6, 6.07) is 5.47. The van der Waals surface area contributed by atoms with Gasteiger partial charge < -0.3 is 20.1 Å². The van der Waals surface area contributed by atoms with Gasteiger partial charge in [-0.2, -0.15) is 0 Å². The van der Waals surface area contributed by atoms with Crippen LogP contribution in [0.1, 0.15) is 51.2 Å². The van der Waals surface area contributed by atoms with Crippen molar-refractivity contribution in [2.75, 3.05) is 19.0 Å². The molecule has 1 aromatic rings. The number of carbonyl (C=O) groups excluding carboxylic acids is 4. The van der Waals surface area contributed by atoms with E-state index in [1.165, 1.54) is 7.11 Å². The summed E-state index contributed by atoms with van der Waals surface area (Å²) in [6.45, 7) is 6.51. The molecule has 0 unspecified atom stereocenters. The van der Waals surface area contributed by atoms with E-state index < -0.39 is 11.6 Å². The Morgan fingerprint density at radius 3 is 2.33 bits per heavy atom. The van der Waals surface area contributed by atoms with E-state index in [-0.39, 0.29) is 43.7 Å². The minimum atomic E-state index is -0.559. The molecule has 9 nitrogen and oxygen atoms in total. The highest BCUT2D eigenvalue weighted by atomic mass is 16.6. The normalized spacial score (nSPS) is 12.7. The van der Waals surface area contributed by atoms with Gasteiger partial charge in [0.15, 0.2) is 0 Å². The Balaban J connectivity index is 1.79. The summed E-state index contributed by atoms with van der Waals surface area (Å²) in [7, 11) is 1.28. The second kappa shape index (κ2) is 10.1. The van der Waals surface area contributed by atoms with Gasteiger partial charge in [0.2, 0.25) is 11.8 Å². The number of ether oxygens (including phenoxy) is 2.